The molecule has 6 N–H and O–H groups in total. The molecule has 25 heavy (non-hydrogen) atoms. The molecule has 0 heterocycles. The van der Waals surface area contributed by atoms with E-state index in [1.54, 1.807) is 0 Å². The Kier molecular flexibility index (Phi) is 6.86. The quantitative estimate of drug-likeness (QED) is 0.565. The highest BCUT2D eigenvalue weighted by Gasteiger charge is 2.31. The van der Waals surface area contributed by atoms with E-state index in [0.29, 0.717) is 11.8 Å². The second-order valence-corrected chi connectivity index (χ2v) is 6.50. The smallest absolute Gasteiger partial charge is 0.403 e. The fraction of sp³-hybridized carbons (Fsp3) is 0.214. The lowest BCUT2D eigenvalue weighted by Gasteiger charge is -2.09. The van der Waals surface area contributed by atoms with Gasteiger partial charge in [0.25, 0.3) is 10.0 Å². The molecule has 0 aliphatic carbocycles. The fourth-order valence-corrected chi connectivity index (χ4v) is 2.50. The van der Waals surface area contributed by atoms with Gasteiger partial charge in [-0.3, -0.25) is 9.52 Å². The predicted octanol–water partition coefficient (Wildman–Crippen LogP) is 1.11. The molecular formula is C14H17F3N4O3S. The standard InChI is InChI=1S/C14H17F3N4O3S/c15-14(16,17)10-2-1-3-12(8-10)25(23,24)21-7-6-20-13(22)5-4-11(19)9-18/h1-3,6-9,21H,4-5,18-19H2,(H,20,22)/b7-6-,11-9-. The van der Waals surface area contributed by atoms with Crippen LogP contribution in [0, 0.1) is 0 Å². The molecule has 0 bridgehead atoms. The van der Waals surface area contributed by atoms with Crippen molar-refractivity contribution in [2.45, 2.75) is 23.9 Å². The van der Waals surface area contributed by atoms with Gasteiger partial charge in [0.15, 0.2) is 0 Å². The molecule has 11 heteroatoms. The zero-order valence-corrected chi connectivity index (χ0v) is 13.7. The average Bonchev–Trinajstić information content (AvgIpc) is 2.56. The van der Waals surface area contributed by atoms with Crippen molar-refractivity contribution >= 4 is 15.9 Å². The molecule has 0 aromatic heterocycles. The number of nitrogens with one attached hydrogen (secondary N) is 2. The van der Waals surface area contributed by atoms with Gasteiger partial charge in [0, 0.05) is 30.7 Å². The number of carbonyl (C=O) groups is 1. The van der Waals surface area contributed by atoms with Crippen molar-refractivity contribution in [3.8, 4) is 0 Å². The van der Waals surface area contributed by atoms with E-state index in [1.807, 2.05) is 4.72 Å². The number of carbonyl (C=O) groups excluding carboxylic acids is 1. The predicted molar refractivity (Wildman–Crippen MR) is 84.7 cm³/mol. The van der Waals surface area contributed by atoms with Crippen molar-refractivity contribution in [1.82, 2.24) is 10.0 Å². The highest BCUT2D eigenvalue weighted by molar-refractivity contribution is 7.89. The molecule has 0 unspecified atom stereocenters. The van der Waals surface area contributed by atoms with Crippen molar-refractivity contribution in [3.63, 3.8) is 0 Å². The van der Waals surface area contributed by atoms with E-state index in [9.17, 15) is 26.4 Å². The minimum absolute atomic E-state index is 0.0320. The Morgan fingerprint density at radius 2 is 1.88 bits per heavy atom. The number of halogens is 3. The molecule has 0 aliphatic heterocycles. The average molecular weight is 378 g/mol. The Labute approximate surface area is 142 Å². The van der Waals surface area contributed by atoms with E-state index in [0.717, 1.165) is 36.8 Å². The maximum Gasteiger partial charge on any atom is 0.416 e. The van der Waals surface area contributed by atoms with Gasteiger partial charge in [-0.2, -0.15) is 13.2 Å². The molecule has 1 amide bonds. The number of nitrogens with two attached hydrogens (primary N) is 2. The highest BCUT2D eigenvalue weighted by atomic mass is 32.2. The summed E-state index contributed by atoms with van der Waals surface area (Å²) in [5.41, 5.74) is 9.79. The Bertz CT molecular complexity index is 774. The number of amides is 1. The maximum atomic E-state index is 12.6. The summed E-state index contributed by atoms with van der Waals surface area (Å²) in [5.74, 6) is -0.445. The number of hydrogen-bond donors (Lipinski definition) is 4. The molecule has 0 spiro atoms. The first-order valence-corrected chi connectivity index (χ1v) is 8.35. The summed E-state index contributed by atoms with van der Waals surface area (Å²) in [4.78, 5) is 10.9. The van der Waals surface area contributed by atoms with Gasteiger partial charge in [0.1, 0.15) is 0 Å². The van der Waals surface area contributed by atoms with Crippen molar-refractivity contribution in [3.05, 3.63) is 54.1 Å². The van der Waals surface area contributed by atoms with Crippen molar-refractivity contribution < 1.29 is 26.4 Å². The number of benzene rings is 1. The minimum atomic E-state index is -4.66. The lowest BCUT2D eigenvalue weighted by atomic mass is 10.2. The van der Waals surface area contributed by atoms with Crippen molar-refractivity contribution in [2.75, 3.05) is 0 Å². The Morgan fingerprint density at radius 3 is 2.48 bits per heavy atom. The van der Waals surface area contributed by atoms with Crippen LogP contribution < -0.4 is 21.5 Å². The first-order valence-electron chi connectivity index (χ1n) is 6.86. The normalized spacial score (nSPS) is 13.0. The molecule has 138 valence electrons. The molecule has 0 atom stereocenters. The molecular weight excluding hydrogens is 361 g/mol. The third-order valence-electron chi connectivity index (χ3n) is 2.88. The van der Waals surface area contributed by atoms with Crippen LogP contribution in [0.25, 0.3) is 0 Å². The monoisotopic (exact) mass is 378 g/mol. The zero-order chi connectivity index (χ0) is 19.1. The van der Waals surface area contributed by atoms with Crippen molar-refractivity contribution in [1.29, 1.82) is 0 Å². The SMILES string of the molecule is N/C=C(\N)CCC(=O)N/C=C\NS(=O)(=O)c1cccc(C(F)(F)F)c1. The molecule has 1 aromatic carbocycles. The van der Waals surface area contributed by atoms with Crippen LogP contribution in [0.3, 0.4) is 0 Å². The summed E-state index contributed by atoms with van der Waals surface area (Å²) in [7, 11) is -4.20. The molecule has 0 saturated heterocycles. The molecule has 1 rings (SSSR count). The first kappa shape index (κ1) is 20.4. The van der Waals surface area contributed by atoms with Crippen LogP contribution in [0.15, 0.2) is 53.5 Å². The number of sulfonamides is 1. The number of rotatable bonds is 7. The second-order valence-electron chi connectivity index (χ2n) is 4.79. The van der Waals surface area contributed by atoms with Crippen LogP contribution in [0.1, 0.15) is 18.4 Å². The Hall–Kier alpha value is -2.69. The summed E-state index contributed by atoms with van der Waals surface area (Å²) in [6.45, 7) is 0. The lowest BCUT2D eigenvalue weighted by molar-refractivity contribution is -0.137. The highest BCUT2D eigenvalue weighted by Crippen LogP contribution is 2.30. The van der Waals surface area contributed by atoms with E-state index < -0.39 is 32.6 Å². The third-order valence-corrected chi connectivity index (χ3v) is 4.20. The Balaban J connectivity index is 2.66. The fourth-order valence-electron chi connectivity index (χ4n) is 1.58. The van der Waals surface area contributed by atoms with E-state index >= 15 is 0 Å². The van der Waals surface area contributed by atoms with E-state index in [1.165, 1.54) is 0 Å². The first-order chi connectivity index (χ1) is 11.6. The van der Waals surface area contributed by atoms with Gasteiger partial charge in [-0.1, -0.05) is 6.07 Å². The third kappa shape index (κ3) is 6.75. The van der Waals surface area contributed by atoms with Gasteiger partial charge in [-0.05, 0) is 24.6 Å². The largest absolute Gasteiger partial charge is 0.416 e. The van der Waals surface area contributed by atoms with E-state index in [2.05, 4.69) is 5.32 Å². The summed E-state index contributed by atoms with van der Waals surface area (Å²) in [6, 6.07) is 3.28. The van der Waals surface area contributed by atoms with Crippen LogP contribution in [0.2, 0.25) is 0 Å². The van der Waals surface area contributed by atoms with Crippen LogP contribution in [-0.4, -0.2) is 14.3 Å². The number of allylic oxidation sites excluding steroid dienone is 1. The van der Waals surface area contributed by atoms with Crippen LogP contribution in [0.4, 0.5) is 13.2 Å². The van der Waals surface area contributed by atoms with Gasteiger partial charge < -0.3 is 16.8 Å². The minimum Gasteiger partial charge on any atom is -0.403 e. The second kappa shape index (κ2) is 8.42. The van der Waals surface area contributed by atoms with Gasteiger partial charge in [0.2, 0.25) is 5.91 Å². The molecule has 0 fully saturated rings. The van der Waals surface area contributed by atoms with Gasteiger partial charge >= 0.3 is 6.18 Å². The van der Waals surface area contributed by atoms with Gasteiger partial charge in [-0.15, -0.1) is 0 Å². The van der Waals surface area contributed by atoms with Gasteiger partial charge in [0.05, 0.1) is 10.5 Å². The molecule has 0 aliphatic rings. The van der Waals surface area contributed by atoms with Crippen molar-refractivity contribution in [2.24, 2.45) is 11.5 Å². The molecule has 7 nitrogen and oxygen atoms in total. The maximum absolute atomic E-state index is 12.6. The summed E-state index contributed by atoms with van der Waals surface area (Å²) in [6.07, 6.45) is -1.34. The van der Waals surface area contributed by atoms with E-state index in [4.69, 9.17) is 11.5 Å². The lowest BCUT2D eigenvalue weighted by Crippen LogP contribution is -2.22. The zero-order valence-electron chi connectivity index (χ0n) is 12.9. The molecule has 0 radical (unpaired) electrons. The summed E-state index contributed by atoms with van der Waals surface area (Å²) >= 11 is 0. The summed E-state index contributed by atoms with van der Waals surface area (Å²) in [5, 5.41) is 2.27. The van der Waals surface area contributed by atoms with E-state index in [-0.39, 0.29) is 12.8 Å². The molecule has 1 aromatic rings. The summed E-state index contributed by atoms with van der Waals surface area (Å²) < 4.78 is 63.6. The Morgan fingerprint density at radius 1 is 1.20 bits per heavy atom. The van der Waals surface area contributed by atoms with Crippen LogP contribution in [-0.2, 0) is 21.0 Å². The topological polar surface area (TPSA) is 127 Å². The van der Waals surface area contributed by atoms with Crippen LogP contribution in [0.5, 0.6) is 0 Å². The molecule has 0 saturated carbocycles. The van der Waals surface area contributed by atoms with Gasteiger partial charge in [-0.25, -0.2) is 8.42 Å². The number of hydrogen-bond acceptors (Lipinski definition) is 5. The number of alkyl halides is 3. The van der Waals surface area contributed by atoms with Crippen LogP contribution >= 0.6 is 0 Å².